The van der Waals surface area contributed by atoms with Crippen molar-refractivity contribution in [2.24, 2.45) is 11.8 Å². The fourth-order valence-electron chi connectivity index (χ4n) is 2.73. The Morgan fingerprint density at radius 3 is 2.75 bits per heavy atom. The van der Waals surface area contributed by atoms with Gasteiger partial charge in [0.15, 0.2) is 0 Å². The van der Waals surface area contributed by atoms with Gasteiger partial charge in [0, 0.05) is 23.3 Å². The van der Waals surface area contributed by atoms with Gasteiger partial charge in [0.1, 0.15) is 0 Å². The Hall–Kier alpha value is -0.430. The summed E-state index contributed by atoms with van der Waals surface area (Å²) in [5, 5.41) is 10.7. The minimum atomic E-state index is -3.39. The summed E-state index contributed by atoms with van der Waals surface area (Å²) in [6.45, 7) is 5.53. The van der Waals surface area contributed by atoms with E-state index in [9.17, 15) is 8.42 Å². The van der Waals surface area contributed by atoms with E-state index in [-0.39, 0.29) is 6.61 Å². The van der Waals surface area contributed by atoms with Gasteiger partial charge in [-0.2, -0.15) is 4.31 Å². The van der Waals surface area contributed by atoms with Gasteiger partial charge in [-0.25, -0.2) is 8.42 Å². The molecule has 1 aliphatic rings. The maximum atomic E-state index is 12.6. The Labute approximate surface area is 125 Å². The van der Waals surface area contributed by atoms with E-state index >= 15 is 0 Å². The van der Waals surface area contributed by atoms with Crippen LogP contribution in [0.1, 0.15) is 38.0 Å². The fourth-order valence-corrected chi connectivity index (χ4v) is 5.35. The summed E-state index contributed by atoms with van der Waals surface area (Å²) in [6.07, 6.45) is 2.97. The first kappa shape index (κ1) is 15.9. The molecule has 0 bridgehead atoms. The summed E-state index contributed by atoms with van der Waals surface area (Å²) in [7, 11) is -3.39. The maximum absolute atomic E-state index is 12.6. The molecular weight excluding hydrogens is 294 g/mol. The van der Waals surface area contributed by atoms with Gasteiger partial charge in [-0.3, -0.25) is 0 Å². The van der Waals surface area contributed by atoms with Crippen molar-refractivity contribution >= 4 is 21.4 Å². The van der Waals surface area contributed by atoms with Crippen molar-refractivity contribution in [3.63, 3.8) is 0 Å². The lowest BCUT2D eigenvalue weighted by atomic mass is 9.89. The lowest BCUT2D eigenvalue weighted by molar-refractivity contribution is 0.285. The Morgan fingerprint density at radius 2 is 2.15 bits per heavy atom. The van der Waals surface area contributed by atoms with Crippen LogP contribution in [0.15, 0.2) is 16.3 Å². The van der Waals surface area contributed by atoms with Crippen LogP contribution in [0.5, 0.6) is 0 Å². The molecule has 4 nitrogen and oxygen atoms in total. The average Bonchev–Trinajstić information content (AvgIpc) is 2.75. The van der Waals surface area contributed by atoms with Crippen molar-refractivity contribution in [1.29, 1.82) is 0 Å². The fraction of sp³-hybridized carbons (Fsp3) is 0.714. The van der Waals surface area contributed by atoms with E-state index in [1.54, 1.807) is 15.8 Å². The van der Waals surface area contributed by atoms with E-state index in [1.165, 1.54) is 11.3 Å². The van der Waals surface area contributed by atoms with Crippen LogP contribution in [0, 0.1) is 11.8 Å². The highest BCUT2D eigenvalue weighted by Gasteiger charge is 2.29. The normalized spacial score (nSPS) is 22.1. The molecule has 0 spiro atoms. The Bertz CT molecular complexity index is 536. The minimum absolute atomic E-state index is 0.102. The quantitative estimate of drug-likeness (QED) is 0.929. The molecule has 1 unspecified atom stereocenters. The molecule has 1 aromatic heterocycles. The van der Waals surface area contributed by atoms with Crippen LogP contribution in [0.3, 0.4) is 0 Å². The number of aliphatic hydroxyl groups is 1. The first-order chi connectivity index (χ1) is 9.45. The molecule has 6 heteroatoms. The summed E-state index contributed by atoms with van der Waals surface area (Å²) in [5.74, 6) is 1.23. The van der Waals surface area contributed by atoms with Crippen molar-refractivity contribution in [2.45, 2.75) is 44.6 Å². The molecule has 0 aliphatic carbocycles. The second kappa shape index (κ2) is 6.56. The molecule has 1 aliphatic heterocycles. The first-order valence-corrected chi connectivity index (χ1v) is 9.45. The number of hydrogen-bond acceptors (Lipinski definition) is 4. The lowest BCUT2D eigenvalue weighted by Gasteiger charge is -2.20. The average molecular weight is 317 g/mol. The van der Waals surface area contributed by atoms with Crippen LogP contribution in [-0.4, -0.2) is 30.9 Å². The van der Waals surface area contributed by atoms with Gasteiger partial charge >= 0.3 is 0 Å². The third-order valence-corrected chi connectivity index (χ3v) is 7.04. The predicted octanol–water partition coefficient (Wildman–Crippen LogP) is 2.69. The van der Waals surface area contributed by atoms with Crippen molar-refractivity contribution in [2.75, 3.05) is 13.1 Å². The standard InChI is InChI=1S/C14H23NO3S2/c1-11(2)12-4-3-6-15(7-5-12)20(17,18)14-8-13(9-16)19-10-14/h8,10-12,16H,3-7,9H2,1-2H3. The first-order valence-electron chi connectivity index (χ1n) is 7.13. The SMILES string of the molecule is CC(C)C1CCCN(S(=O)(=O)c2csc(CO)c2)CC1. The van der Waals surface area contributed by atoms with Crippen molar-refractivity contribution in [3.05, 3.63) is 16.3 Å². The molecule has 2 rings (SSSR count). The number of sulfonamides is 1. The molecule has 114 valence electrons. The molecule has 20 heavy (non-hydrogen) atoms. The summed E-state index contributed by atoms with van der Waals surface area (Å²) < 4.78 is 26.8. The van der Waals surface area contributed by atoms with Gasteiger partial charge in [0.25, 0.3) is 0 Å². The molecule has 1 N–H and O–H groups in total. The topological polar surface area (TPSA) is 57.6 Å². The van der Waals surface area contributed by atoms with E-state index in [0.29, 0.717) is 34.7 Å². The van der Waals surface area contributed by atoms with Gasteiger partial charge in [0.2, 0.25) is 10.0 Å². The van der Waals surface area contributed by atoms with Gasteiger partial charge in [-0.05, 0) is 37.2 Å². The number of aliphatic hydroxyl groups excluding tert-OH is 1. The molecule has 1 saturated heterocycles. The highest BCUT2D eigenvalue weighted by molar-refractivity contribution is 7.89. The van der Waals surface area contributed by atoms with Crippen LogP contribution in [0.2, 0.25) is 0 Å². The predicted molar refractivity (Wildman–Crippen MR) is 81.2 cm³/mol. The summed E-state index contributed by atoms with van der Waals surface area (Å²) >= 11 is 1.30. The Balaban J connectivity index is 2.13. The zero-order valence-corrected chi connectivity index (χ0v) is 13.7. The third-order valence-electron chi connectivity index (χ3n) is 4.10. The van der Waals surface area contributed by atoms with E-state index < -0.39 is 10.0 Å². The van der Waals surface area contributed by atoms with E-state index in [0.717, 1.165) is 19.3 Å². The second-order valence-electron chi connectivity index (χ2n) is 5.75. The van der Waals surface area contributed by atoms with E-state index in [4.69, 9.17) is 5.11 Å². The summed E-state index contributed by atoms with van der Waals surface area (Å²) in [6, 6.07) is 1.59. The zero-order chi connectivity index (χ0) is 14.8. The number of nitrogens with zero attached hydrogens (tertiary/aromatic N) is 1. The third kappa shape index (κ3) is 3.42. The Morgan fingerprint density at radius 1 is 1.40 bits per heavy atom. The van der Waals surface area contributed by atoms with Gasteiger partial charge in [0.05, 0.1) is 11.5 Å². The molecule has 0 saturated carbocycles. The van der Waals surface area contributed by atoms with E-state index in [2.05, 4.69) is 13.8 Å². The molecule has 1 aromatic rings. The maximum Gasteiger partial charge on any atom is 0.243 e. The summed E-state index contributed by atoms with van der Waals surface area (Å²) in [5.41, 5.74) is 0. The molecular formula is C14H23NO3S2. The van der Waals surface area contributed by atoms with Gasteiger partial charge in [-0.1, -0.05) is 13.8 Å². The number of rotatable bonds is 4. The smallest absolute Gasteiger partial charge is 0.243 e. The van der Waals surface area contributed by atoms with Crippen LogP contribution in [-0.2, 0) is 16.6 Å². The van der Waals surface area contributed by atoms with Crippen LogP contribution >= 0.6 is 11.3 Å². The van der Waals surface area contributed by atoms with Crippen molar-refractivity contribution < 1.29 is 13.5 Å². The number of hydrogen-bond donors (Lipinski definition) is 1. The second-order valence-corrected chi connectivity index (χ2v) is 8.68. The minimum Gasteiger partial charge on any atom is -0.391 e. The lowest BCUT2D eigenvalue weighted by Crippen LogP contribution is -2.32. The highest BCUT2D eigenvalue weighted by atomic mass is 32.2. The van der Waals surface area contributed by atoms with Gasteiger partial charge in [-0.15, -0.1) is 11.3 Å². The Kier molecular flexibility index (Phi) is 5.23. The van der Waals surface area contributed by atoms with Gasteiger partial charge < -0.3 is 5.11 Å². The molecule has 0 amide bonds. The van der Waals surface area contributed by atoms with E-state index in [1.807, 2.05) is 0 Å². The summed E-state index contributed by atoms with van der Waals surface area (Å²) in [4.78, 5) is 1.02. The zero-order valence-electron chi connectivity index (χ0n) is 12.1. The van der Waals surface area contributed by atoms with Crippen LogP contribution < -0.4 is 0 Å². The monoisotopic (exact) mass is 317 g/mol. The molecule has 0 radical (unpaired) electrons. The highest BCUT2D eigenvalue weighted by Crippen LogP contribution is 2.29. The molecule has 1 atom stereocenters. The molecule has 0 aromatic carbocycles. The van der Waals surface area contributed by atoms with Crippen molar-refractivity contribution in [1.82, 2.24) is 4.31 Å². The number of thiophene rings is 1. The van der Waals surface area contributed by atoms with Crippen molar-refractivity contribution in [3.8, 4) is 0 Å². The molecule has 1 fully saturated rings. The van der Waals surface area contributed by atoms with Crippen LogP contribution in [0.25, 0.3) is 0 Å². The van der Waals surface area contributed by atoms with Crippen LogP contribution in [0.4, 0.5) is 0 Å². The molecule has 2 heterocycles. The largest absolute Gasteiger partial charge is 0.391 e.